The first-order chi connectivity index (χ1) is 22.2. The number of rotatable bonds is 4. The molecular formula is C41H24N4. The van der Waals surface area contributed by atoms with Crippen molar-refractivity contribution in [3.8, 4) is 50.6 Å². The van der Waals surface area contributed by atoms with Crippen molar-refractivity contribution in [1.82, 2.24) is 9.38 Å². The van der Waals surface area contributed by atoms with Gasteiger partial charge in [0.1, 0.15) is 5.65 Å². The van der Waals surface area contributed by atoms with Gasteiger partial charge in [-0.05, 0) is 92.4 Å². The van der Waals surface area contributed by atoms with E-state index in [1.54, 1.807) is 0 Å². The Bertz CT molecular complexity index is 2450. The number of imidazole rings is 1. The molecular weight excluding hydrogens is 548 g/mol. The molecule has 8 aromatic rings. The van der Waals surface area contributed by atoms with Crippen LogP contribution in [0.2, 0.25) is 0 Å². The monoisotopic (exact) mass is 572 g/mol. The lowest BCUT2D eigenvalue weighted by atomic mass is 9.91. The molecule has 0 aliphatic carbocycles. The van der Waals surface area contributed by atoms with Crippen molar-refractivity contribution in [2.45, 2.75) is 0 Å². The average Bonchev–Trinajstić information content (AvgIpc) is 3.49. The van der Waals surface area contributed by atoms with Crippen molar-refractivity contribution in [3.63, 3.8) is 0 Å². The molecule has 6 aromatic carbocycles. The highest BCUT2D eigenvalue weighted by Crippen LogP contribution is 2.38. The van der Waals surface area contributed by atoms with E-state index < -0.39 is 0 Å². The number of hydrogen-bond donors (Lipinski definition) is 0. The molecule has 0 atom stereocenters. The van der Waals surface area contributed by atoms with E-state index in [9.17, 15) is 5.26 Å². The maximum Gasteiger partial charge on any atom is 0.187 e. The third-order valence-electron chi connectivity index (χ3n) is 8.48. The molecule has 0 unspecified atom stereocenters. The lowest BCUT2D eigenvalue weighted by Crippen LogP contribution is -1.91. The summed E-state index contributed by atoms with van der Waals surface area (Å²) in [6, 6.07) is 51.9. The van der Waals surface area contributed by atoms with Crippen LogP contribution in [0.25, 0.3) is 76.9 Å². The largest absolute Gasteiger partial charge is 0.292 e. The minimum absolute atomic E-state index is 0.638. The second kappa shape index (κ2) is 10.7. The Labute approximate surface area is 260 Å². The summed E-state index contributed by atoms with van der Waals surface area (Å²) in [6.07, 6.45) is 0. The molecule has 0 amide bonds. The van der Waals surface area contributed by atoms with Crippen LogP contribution in [-0.2, 0) is 0 Å². The van der Waals surface area contributed by atoms with Gasteiger partial charge in [-0.2, -0.15) is 5.26 Å². The highest BCUT2D eigenvalue weighted by atomic mass is 15.0. The Morgan fingerprint density at radius 1 is 0.556 bits per heavy atom. The topological polar surface area (TPSA) is 45.5 Å². The van der Waals surface area contributed by atoms with Gasteiger partial charge in [-0.15, -0.1) is 0 Å². The van der Waals surface area contributed by atoms with E-state index in [2.05, 4.69) is 112 Å². The standard InChI is InChI=1S/C41H24N4/c1-43-35-21-18-31(19-22-35)30-12-16-33(17-13-30)37-25-40-38(44-41-23-20-34-4-2-3-5-39(34)45(40)41)24-36(37)32-14-10-29(11-15-32)28-8-6-27(26-42)7-9-28/h2-25H. The summed E-state index contributed by atoms with van der Waals surface area (Å²) >= 11 is 0. The minimum atomic E-state index is 0.638. The van der Waals surface area contributed by atoms with E-state index in [1.807, 2.05) is 48.5 Å². The van der Waals surface area contributed by atoms with Gasteiger partial charge < -0.3 is 0 Å². The zero-order chi connectivity index (χ0) is 30.3. The zero-order valence-corrected chi connectivity index (χ0v) is 24.1. The number of para-hydroxylation sites is 1. The van der Waals surface area contributed by atoms with Gasteiger partial charge in [-0.1, -0.05) is 103 Å². The van der Waals surface area contributed by atoms with Crippen LogP contribution in [0.15, 0.2) is 146 Å². The average molecular weight is 573 g/mol. The van der Waals surface area contributed by atoms with Crippen molar-refractivity contribution < 1.29 is 0 Å². The second-order valence-corrected chi connectivity index (χ2v) is 11.1. The summed E-state index contributed by atoms with van der Waals surface area (Å²) in [7, 11) is 0. The summed E-state index contributed by atoms with van der Waals surface area (Å²) in [5.41, 5.74) is 14.1. The molecule has 0 aliphatic heterocycles. The van der Waals surface area contributed by atoms with Crippen molar-refractivity contribution in [1.29, 1.82) is 5.26 Å². The summed E-state index contributed by atoms with van der Waals surface area (Å²) < 4.78 is 2.25. The van der Waals surface area contributed by atoms with E-state index in [0.717, 1.165) is 66.7 Å². The van der Waals surface area contributed by atoms with E-state index in [-0.39, 0.29) is 0 Å². The number of pyridine rings is 1. The van der Waals surface area contributed by atoms with Crippen LogP contribution >= 0.6 is 0 Å². The fraction of sp³-hybridized carbons (Fsp3) is 0. The van der Waals surface area contributed by atoms with Crippen LogP contribution in [0.3, 0.4) is 0 Å². The molecule has 4 heteroatoms. The quantitative estimate of drug-likeness (QED) is 0.197. The van der Waals surface area contributed by atoms with Crippen molar-refractivity contribution >= 4 is 33.3 Å². The number of benzene rings is 6. The van der Waals surface area contributed by atoms with Gasteiger partial charge in [-0.25, -0.2) is 9.83 Å². The van der Waals surface area contributed by atoms with E-state index >= 15 is 0 Å². The molecule has 0 N–H and O–H groups in total. The number of hydrogen-bond acceptors (Lipinski definition) is 2. The molecule has 0 radical (unpaired) electrons. The summed E-state index contributed by atoms with van der Waals surface area (Å²) in [4.78, 5) is 8.57. The molecule has 0 spiro atoms. The zero-order valence-electron chi connectivity index (χ0n) is 24.1. The van der Waals surface area contributed by atoms with Gasteiger partial charge in [-0.3, -0.25) is 4.40 Å². The van der Waals surface area contributed by atoms with Crippen molar-refractivity contribution in [2.75, 3.05) is 0 Å². The first-order valence-corrected chi connectivity index (χ1v) is 14.7. The molecule has 208 valence electrons. The highest BCUT2D eigenvalue weighted by Gasteiger charge is 2.15. The molecule has 8 rings (SSSR count). The molecule has 0 fully saturated rings. The Morgan fingerprint density at radius 2 is 1.09 bits per heavy atom. The number of nitrogens with zero attached hydrogens (tertiary/aromatic N) is 4. The van der Waals surface area contributed by atoms with Crippen LogP contribution in [0.1, 0.15) is 5.56 Å². The molecule has 0 saturated carbocycles. The molecule has 4 nitrogen and oxygen atoms in total. The third kappa shape index (κ3) is 4.59. The van der Waals surface area contributed by atoms with Crippen molar-refractivity contribution in [2.24, 2.45) is 0 Å². The fourth-order valence-corrected chi connectivity index (χ4v) is 6.13. The van der Waals surface area contributed by atoms with Crippen LogP contribution in [0.5, 0.6) is 0 Å². The second-order valence-electron chi connectivity index (χ2n) is 11.1. The lowest BCUT2D eigenvalue weighted by Gasteiger charge is -2.13. The van der Waals surface area contributed by atoms with E-state index in [4.69, 9.17) is 11.6 Å². The Balaban J connectivity index is 1.29. The number of fused-ring (bicyclic) bond motifs is 5. The first-order valence-electron chi connectivity index (χ1n) is 14.7. The normalized spacial score (nSPS) is 11.1. The Hall–Kier alpha value is -6.49. The minimum Gasteiger partial charge on any atom is -0.292 e. The Morgan fingerprint density at radius 3 is 1.69 bits per heavy atom. The summed E-state index contributed by atoms with van der Waals surface area (Å²) in [6.45, 7) is 7.25. The predicted molar refractivity (Wildman–Crippen MR) is 183 cm³/mol. The van der Waals surface area contributed by atoms with Gasteiger partial charge >= 0.3 is 0 Å². The Kier molecular flexibility index (Phi) is 6.19. The fourth-order valence-electron chi connectivity index (χ4n) is 6.13. The van der Waals surface area contributed by atoms with Gasteiger partial charge in [0, 0.05) is 0 Å². The van der Waals surface area contributed by atoms with Gasteiger partial charge in [0.15, 0.2) is 5.69 Å². The molecule has 0 aliphatic rings. The molecule has 2 heterocycles. The summed E-state index contributed by atoms with van der Waals surface area (Å²) in [5, 5.41) is 10.3. The van der Waals surface area contributed by atoms with Crippen LogP contribution in [0, 0.1) is 17.9 Å². The molecule has 0 bridgehead atoms. The van der Waals surface area contributed by atoms with Crippen LogP contribution in [0.4, 0.5) is 5.69 Å². The number of aromatic nitrogens is 2. The maximum atomic E-state index is 9.18. The van der Waals surface area contributed by atoms with E-state index in [0.29, 0.717) is 11.3 Å². The molecule has 45 heavy (non-hydrogen) atoms. The SMILES string of the molecule is [C-]#[N+]c1ccc(-c2ccc(-c3cc4c(cc3-c3ccc(-c5ccc(C#N)cc5)cc3)nc3ccc5ccccc5n34)cc2)cc1. The van der Waals surface area contributed by atoms with Crippen LogP contribution < -0.4 is 0 Å². The summed E-state index contributed by atoms with van der Waals surface area (Å²) in [5.74, 6) is 0. The van der Waals surface area contributed by atoms with Crippen LogP contribution in [-0.4, -0.2) is 9.38 Å². The first kappa shape index (κ1) is 26.2. The highest BCUT2D eigenvalue weighted by molar-refractivity contribution is 5.98. The predicted octanol–water partition coefficient (Wildman–Crippen LogP) is 10.7. The maximum absolute atomic E-state index is 9.18. The molecule has 2 aromatic heterocycles. The molecule has 0 saturated heterocycles. The van der Waals surface area contributed by atoms with Gasteiger partial charge in [0.05, 0.1) is 34.8 Å². The van der Waals surface area contributed by atoms with Crippen molar-refractivity contribution in [3.05, 3.63) is 163 Å². The third-order valence-corrected chi connectivity index (χ3v) is 8.48. The van der Waals surface area contributed by atoms with E-state index in [1.165, 1.54) is 5.39 Å². The van der Waals surface area contributed by atoms with Gasteiger partial charge in [0.2, 0.25) is 0 Å². The van der Waals surface area contributed by atoms with Gasteiger partial charge in [0.25, 0.3) is 0 Å². The lowest BCUT2D eigenvalue weighted by molar-refractivity contribution is 1.30. The smallest absolute Gasteiger partial charge is 0.187 e. The number of nitriles is 1.